The van der Waals surface area contributed by atoms with Gasteiger partial charge in [-0.2, -0.15) is 0 Å². The molecular formula is C9H10FNO3. The maximum absolute atomic E-state index is 12.5. The number of nitro groups is 1. The normalized spacial score (nSPS) is 14.8. The molecule has 1 rings (SSSR count). The van der Waals surface area contributed by atoms with Crippen LogP contribution in [0.1, 0.15) is 18.6 Å². The van der Waals surface area contributed by atoms with Crippen molar-refractivity contribution in [3.05, 3.63) is 45.8 Å². The first kappa shape index (κ1) is 10.6. The summed E-state index contributed by atoms with van der Waals surface area (Å²) in [5.41, 5.74) is 0.343. The molecule has 1 aromatic rings. The van der Waals surface area contributed by atoms with E-state index >= 15 is 0 Å². The second-order valence-corrected chi connectivity index (χ2v) is 3.02. The van der Waals surface area contributed by atoms with E-state index in [2.05, 4.69) is 0 Å². The van der Waals surface area contributed by atoms with Gasteiger partial charge in [0.1, 0.15) is 11.9 Å². The van der Waals surface area contributed by atoms with Gasteiger partial charge in [-0.25, -0.2) is 4.39 Å². The van der Waals surface area contributed by atoms with Gasteiger partial charge in [0.2, 0.25) is 6.04 Å². The minimum Gasteiger partial charge on any atom is -0.381 e. The number of hydrogen-bond donors (Lipinski definition) is 1. The maximum atomic E-state index is 12.5. The third-order valence-corrected chi connectivity index (χ3v) is 2.00. The number of nitrogens with zero attached hydrogens (tertiary/aromatic N) is 1. The third kappa shape index (κ3) is 2.26. The van der Waals surface area contributed by atoms with Crippen LogP contribution in [0.3, 0.4) is 0 Å². The van der Waals surface area contributed by atoms with E-state index in [1.165, 1.54) is 19.1 Å². The lowest BCUT2D eigenvalue weighted by atomic mass is 10.0. The minimum atomic E-state index is -1.20. The van der Waals surface area contributed by atoms with Crippen LogP contribution in [-0.4, -0.2) is 16.1 Å². The Bertz CT molecular complexity index is 325. The molecule has 0 bridgehead atoms. The minimum absolute atomic E-state index is 0.343. The number of aliphatic hydroxyl groups is 1. The fourth-order valence-corrected chi connectivity index (χ4v) is 1.05. The molecule has 1 N–H and O–H groups in total. The van der Waals surface area contributed by atoms with E-state index in [0.29, 0.717) is 5.56 Å². The van der Waals surface area contributed by atoms with E-state index < -0.39 is 22.9 Å². The highest BCUT2D eigenvalue weighted by Gasteiger charge is 2.25. The van der Waals surface area contributed by atoms with Crippen LogP contribution in [-0.2, 0) is 0 Å². The van der Waals surface area contributed by atoms with Gasteiger partial charge in [-0.1, -0.05) is 12.1 Å². The fraction of sp³-hybridized carbons (Fsp3) is 0.333. The van der Waals surface area contributed by atoms with Gasteiger partial charge in [-0.15, -0.1) is 0 Å². The summed E-state index contributed by atoms with van der Waals surface area (Å²) in [5, 5.41) is 19.8. The zero-order valence-electron chi connectivity index (χ0n) is 7.55. The predicted molar refractivity (Wildman–Crippen MR) is 47.8 cm³/mol. The molecule has 0 radical (unpaired) electrons. The van der Waals surface area contributed by atoms with E-state index in [0.717, 1.165) is 12.1 Å². The van der Waals surface area contributed by atoms with E-state index in [4.69, 9.17) is 0 Å². The molecule has 0 aliphatic rings. The summed E-state index contributed by atoms with van der Waals surface area (Å²) in [5.74, 6) is -0.435. The molecule has 5 heteroatoms. The smallest absolute Gasteiger partial charge is 0.239 e. The quantitative estimate of drug-likeness (QED) is 0.593. The van der Waals surface area contributed by atoms with Gasteiger partial charge in [0.15, 0.2) is 0 Å². The summed E-state index contributed by atoms with van der Waals surface area (Å²) in [6, 6.07) is 3.89. The van der Waals surface area contributed by atoms with Crippen molar-refractivity contribution in [2.45, 2.75) is 19.1 Å². The van der Waals surface area contributed by atoms with Crippen LogP contribution in [0.2, 0.25) is 0 Å². The van der Waals surface area contributed by atoms with Crippen molar-refractivity contribution in [3.63, 3.8) is 0 Å². The molecule has 0 aliphatic carbocycles. The third-order valence-electron chi connectivity index (χ3n) is 2.00. The van der Waals surface area contributed by atoms with Crippen molar-refractivity contribution in [3.8, 4) is 0 Å². The Hall–Kier alpha value is -1.49. The Morgan fingerprint density at radius 1 is 1.43 bits per heavy atom. The van der Waals surface area contributed by atoms with Crippen molar-refractivity contribution in [2.24, 2.45) is 0 Å². The molecule has 0 amide bonds. The molecule has 0 aromatic heterocycles. The molecule has 0 saturated carbocycles. The molecule has 14 heavy (non-hydrogen) atoms. The summed E-state index contributed by atoms with van der Waals surface area (Å²) < 4.78 is 12.5. The summed E-state index contributed by atoms with van der Waals surface area (Å²) in [4.78, 5) is 9.78. The van der Waals surface area contributed by atoms with E-state index in [-0.39, 0.29) is 0 Å². The molecule has 0 heterocycles. The van der Waals surface area contributed by atoms with Crippen molar-refractivity contribution in [2.75, 3.05) is 0 Å². The number of rotatable bonds is 3. The zero-order chi connectivity index (χ0) is 10.7. The summed E-state index contributed by atoms with van der Waals surface area (Å²) in [6.07, 6.45) is -1.20. The molecule has 2 atom stereocenters. The van der Waals surface area contributed by atoms with Gasteiger partial charge in [0, 0.05) is 11.8 Å². The van der Waals surface area contributed by atoms with Crippen molar-refractivity contribution in [1.82, 2.24) is 0 Å². The Morgan fingerprint density at radius 3 is 2.36 bits per heavy atom. The van der Waals surface area contributed by atoms with Crippen molar-refractivity contribution < 1.29 is 14.4 Å². The average molecular weight is 199 g/mol. The van der Waals surface area contributed by atoms with E-state index in [1.54, 1.807) is 0 Å². The van der Waals surface area contributed by atoms with Crippen LogP contribution in [0.25, 0.3) is 0 Å². The Labute approximate surface area is 80.1 Å². The van der Waals surface area contributed by atoms with Gasteiger partial charge in [0.25, 0.3) is 0 Å². The largest absolute Gasteiger partial charge is 0.381 e. The molecular weight excluding hydrogens is 189 g/mol. The average Bonchev–Trinajstić information content (AvgIpc) is 2.16. The van der Waals surface area contributed by atoms with Crippen LogP contribution in [0.4, 0.5) is 4.39 Å². The van der Waals surface area contributed by atoms with Crippen LogP contribution < -0.4 is 0 Å². The Balaban J connectivity index is 2.84. The molecule has 0 spiro atoms. The first-order valence-electron chi connectivity index (χ1n) is 4.09. The van der Waals surface area contributed by atoms with Gasteiger partial charge in [0.05, 0.1) is 0 Å². The van der Waals surface area contributed by atoms with E-state index in [1.807, 2.05) is 0 Å². The van der Waals surface area contributed by atoms with Crippen molar-refractivity contribution in [1.29, 1.82) is 0 Å². The molecule has 1 aromatic carbocycles. The molecule has 0 saturated heterocycles. The Kier molecular flexibility index (Phi) is 3.14. The first-order chi connectivity index (χ1) is 6.52. The molecule has 2 unspecified atom stereocenters. The monoisotopic (exact) mass is 199 g/mol. The van der Waals surface area contributed by atoms with Gasteiger partial charge >= 0.3 is 0 Å². The van der Waals surface area contributed by atoms with Gasteiger partial charge < -0.3 is 5.11 Å². The first-order valence-corrected chi connectivity index (χ1v) is 4.09. The number of halogens is 1. The maximum Gasteiger partial charge on any atom is 0.239 e. The SMILES string of the molecule is CC(C(O)c1ccc(F)cc1)[N+](=O)[O-]. The fourth-order valence-electron chi connectivity index (χ4n) is 1.05. The standard InChI is InChI=1S/C9H10FNO3/c1-6(11(13)14)9(12)7-2-4-8(10)5-3-7/h2-6,9,12H,1H3. The van der Waals surface area contributed by atoms with Crippen LogP contribution in [0.5, 0.6) is 0 Å². The van der Waals surface area contributed by atoms with Gasteiger partial charge in [-0.3, -0.25) is 10.1 Å². The van der Waals surface area contributed by atoms with E-state index in [9.17, 15) is 19.6 Å². The molecule has 0 aliphatic heterocycles. The highest BCUT2D eigenvalue weighted by atomic mass is 19.1. The van der Waals surface area contributed by atoms with Crippen molar-refractivity contribution >= 4 is 0 Å². The second-order valence-electron chi connectivity index (χ2n) is 3.02. The molecule has 76 valence electrons. The number of benzene rings is 1. The van der Waals surface area contributed by atoms with Crippen LogP contribution in [0.15, 0.2) is 24.3 Å². The second kappa shape index (κ2) is 4.15. The summed E-state index contributed by atoms with van der Waals surface area (Å²) in [6.45, 7) is 1.30. The van der Waals surface area contributed by atoms with Gasteiger partial charge in [-0.05, 0) is 17.7 Å². The predicted octanol–water partition coefficient (Wildman–Crippen LogP) is 1.52. The number of hydrogen-bond acceptors (Lipinski definition) is 3. The van der Waals surface area contributed by atoms with Crippen LogP contribution >= 0.6 is 0 Å². The summed E-state index contributed by atoms with van der Waals surface area (Å²) in [7, 11) is 0. The molecule has 4 nitrogen and oxygen atoms in total. The summed E-state index contributed by atoms with van der Waals surface area (Å²) >= 11 is 0. The number of aliphatic hydroxyl groups excluding tert-OH is 1. The van der Waals surface area contributed by atoms with Crippen LogP contribution in [0, 0.1) is 15.9 Å². The lowest BCUT2D eigenvalue weighted by Gasteiger charge is -2.11. The topological polar surface area (TPSA) is 63.4 Å². The lowest BCUT2D eigenvalue weighted by Crippen LogP contribution is -2.23. The molecule has 0 fully saturated rings. The highest BCUT2D eigenvalue weighted by Crippen LogP contribution is 2.18. The zero-order valence-corrected chi connectivity index (χ0v) is 7.55. The Morgan fingerprint density at radius 2 is 1.93 bits per heavy atom. The lowest BCUT2D eigenvalue weighted by molar-refractivity contribution is -0.531. The highest BCUT2D eigenvalue weighted by molar-refractivity contribution is 5.19.